The lowest BCUT2D eigenvalue weighted by Crippen LogP contribution is -2.40. The number of aliphatic carboxylic acids is 1. The Kier molecular flexibility index (Phi) is 3.95. The molecule has 2 atom stereocenters. The highest BCUT2D eigenvalue weighted by Crippen LogP contribution is 2.25. The van der Waals surface area contributed by atoms with Crippen molar-refractivity contribution in [1.29, 1.82) is 0 Å². The van der Waals surface area contributed by atoms with Crippen LogP contribution in [0.15, 0.2) is 18.2 Å². The molecule has 0 saturated carbocycles. The fourth-order valence-electron chi connectivity index (χ4n) is 2.08. The molecule has 1 aromatic carbocycles. The smallest absolute Gasteiger partial charge is 0.326 e. The molecule has 1 fully saturated rings. The first-order valence-corrected chi connectivity index (χ1v) is 6.68. The summed E-state index contributed by atoms with van der Waals surface area (Å²) in [6.45, 7) is -0.0114. The van der Waals surface area contributed by atoms with E-state index in [0.717, 1.165) is 4.90 Å². The Balaban J connectivity index is 2.27. The number of aliphatic hydroxyl groups is 1. The van der Waals surface area contributed by atoms with Crippen LogP contribution in [0.3, 0.4) is 0 Å². The number of likely N-dealkylation sites (tertiary alicyclic amines) is 1. The minimum atomic E-state index is -1.14. The summed E-state index contributed by atoms with van der Waals surface area (Å²) in [4.78, 5) is 24.4. The fourth-order valence-corrected chi connectivity index (χ4v) is 2.42. The molecule has 1 heterocycles. The average Bonchev–Trinajstić information content (AvgIpc) is 2.74. The highest BCUT2D eigenvalue weighted by atomic mass is 127. The summed E-state index contributed by atoms with van der Waals surface area (Å²) < 4.78 is 0.602. The van der Waals surface area contributed by atoms with Gasteiger partial charge < -0.3 is 20.2 Å². The first kappa shape index (κ1) is 14.1. The SMILES string of the molecule is O=C(O)[C@H]1C[C@@H](O)CN1C(=O)c1ccc(I)c(O)c1. The van der Waals surface area contributed by atoms with Crippen molar-refractivity contribution in [2.75, 3.05) is 6.54 Å². The normalized spacial score (nSPS) is 22.5. The molecule has 6 nitrogen and oxygen atoms in total. The highest BCUT2D eigenvalue weighted by Gasteiger charge is 2.39. The highest BCUT2D eigenvalue weighted by molar-refractivity contribution is 14.1. The summed E-state index contributed by atoms with van der Waals surface area (Å²) in [7, 11) is 0. The van der Waals surface area contributed by atoms with Gasteiger partial charge in [0.25, 0.3) is 5.91 Å². The van der Waals surface area contributed by atoms with Crippen LogP contribution in [0.2, 0.25) is 0 Å². The van der Waals surface area contributed by atoms with Gasteiger partial charge in [-0.1, -0.05) is 0 Å². The molecule has 19 heavy (non-hydrogen) atoms. The van der Waals surface area contributed by atoms with Crippen LogP contribution in [0.25, 0.3) is 0 Å². The van der Waals surface area contributed by atoms with Crippen LogP contribution in [0.1, 0.15) is 16.8 Å². The number of carboxylic acid groups (broad SMARTS) is 1. The van der Waals surface area contributed by atoms with Gasteiger partial charge in [0, 0.05) is 18.5 Å². The van der Waals surface area contributed by atoms with E-state index < -0.39 is 24.0 Å². The van der Waals surface area contributed by atoms with Gasteiger partial charge in [0.2, 0.25) is 0 Å². The Labute approximate surface area is 122 Å². The number of aliphatic hydroxyl groups excluding tert-OH is 1. The number of benzene rings is 1. The van der Waals surface area contributed by atoms with Crippen LogP contribution in [-0.2, 0) is 4.79 Å². The Hall–Kier alpha value is -1.35. The largest absolute Gasteiger partial charge is 0.507 e. The standard InChI is InChI=1S/C12H12INO5/c13-8-2-1-6(3-10(8)16)11(17)14-5-7(15)4-9(14)12(18)19/h1-3,7,9,15-16H,4-5H2,(H,18,19)/t7-,9-/m1/s1. The quantitative estimate of drug-likeness (QED) is 0.658. The van der Waals surface area contributed by atoms with Gasteiger partial charge in [0.05, 0.1) is 9.67 Å². The molecule has 1 aromatic rings. The number of phenolic OH excluding ortho intramolecular Hbond substituents is 1. The Morgan fingerprint density at radius 1 is 1.37 bits per heavy atom. The maximum Gasteiger partial charge on any atom is 0.326 e. The number of carbonyl (C=O) groups excluding carboxylic acids is 1. The number of phenols is 1. The van der Waals surface area contributed by atoms with Crippen molar-refractivity contribution in [2.24, 2.45) is 0 Å². The van der Waals surface area contributed by atoms with E-state index in [9.17, 15) is 19.8 Å². The summed E-state index contributed by atoms with van der Waals surface area (Å²) >= 11 is 1.92. The van der Waals surface area contributed by atoms with Crippen LogP contribution in [0.4, 0.5) is 0 Å². The lowest BCUT2D eigenvalue weighted by Gasteiger charge is -2.21. The number of hydrogen-bond acceptors (Lipinski definition) is 4. The van der Waals surface area contributed by atoms with Crippen LogP contribution < -0.4 is 0 Å². The molecule has 1 aliphatic rings. The minimum absolute atomic E-state index is 0.0114. The second kappa shape index (κ2) is 5.33. The molecular weight excluding hydrogens is 365 g/mol. The third-order valence-electron chi connectivity index (χ3n) is 3.02. The van der Waals surface area contributed by atoms with Crippen LogP contribution >= 0.6 is 22.6 Å². The Morgan fingerprint density at radius 2 is 2.05 bits per heavy atom. The molecule has 0 unspecified atom stereocenters. The van der Waals surface area contributed by atoms with Gasteiger partial charge in [0.15, 0.2) is 0 Å². The first-order valence-electron chi connectivity index (χ1n) is 5.60. The van der Waals surface area contributed by atoms with Crippen molar-refractivity contribution in [3.05, 3.63) is 27.3 Å². The predicted octanol–water partition coefficient (Wildman–Crippen LogP) is 0.657. The molecule has 0 aliphatic carbocycles. The van der Waals surface area contributed by atoms with Crippen molar-refractivity contribution < 1.29 is 24.9 Å². The summed E-state index contributed by atoms with van der Waals surface area (Å²) in [5.74, 6) is -1.67. The minimum Gasteiger partial charge on any atom is -0.507 e. The topological polar surface area (TPSA) is 98.1 Å². The van der Waals surface area contributed by atoms with Crippen molar-refractivity contribution in [3.63, 3.8) is 0 Å². The van der Waals surface area contributed by atoms with Gasteiger partial charge in [-0.25, -0.2) is 4.79 Å². The lowest BCUT2D eigenvalue weighted by molar-refractivity contribution is -0.141. The number of carboxylic acids is 1. The summed E-state index contributed by atoms with van der Waals surface area (Å²) in [6, 6.07) is 3.37. The first-order chi connectivity index (χ1) is 8.90. The molecule has 1 saturated heterocycles. The zero-order valence-electron chi connectivity index (χ0n) is 9.78. The number of amides is 1. The molecule has 1 aliphatic heterocycles. The number of β-amino-alcohol motifs (C(OH)–C–C–N with tert-alkyl or cyclic N) is 1. The summed E-state index contributed by atoms with van der Waals surface area (Å²) in [5, 5.41) is 28.1. The second-order valence-electron chi connectivity index (χ2n) is 4.37. The van der Waals surface area contributed by atoms with Crippen molar-refractivity contribution in [3.8, 4) is 5.75 Å². The molecule has 0 radical (unpaired) electrons. The van der Waals surface area contributed by atoms with Gasteiger partial charge in [-0.15, -0.1) is 0 Å². The van der Waals surface area contributed by atoms with Gasteiger partial charge >= 0.3 is 5.97 Å². The number of aromatic hydroxyl groups is 1. The molecular formula is C12H12INO5. The van der Waals surface area contributed by atoms with Crippen molar-refractivity contribution in [2.45, 2.75) is 18.6 Å². The number of rotatable bonds is 2. The van der Waals surface area contributed by atoms with E-state index in [1.54, 1.807) is 6.07 Å². The third-order valence-corrected chi connectivity index (χ3v) is 3.93. The molecule has 3 N–H and O–H groups in total. The molecule has 1 amide bonds. The maximum absolute atomic E-state index is 12.2. The second-order valence-corrected chi connectivity index (χ2v) is 5.53. The fraction of sp³-hybridized carbons (Fsp3) is 0.333. The number of hydrogen-bond donors (Lipinski definition) is 3. The van der Waals surface area contributed by atoms with E-state index >= 15 is 0 Å². The third kappa shape index (κ3) is 2.81. The number of nitrogens with zero attached hydrogens (tertiary/aromatic N) is 1. The Morgan fingerprint density at radius 3 is 2.63 bits per heavy atom. The van der Waals surface area contributed by atoms with E-state index in [4.69, 9.17) is 5.11 Å². The molecule has 7 heteroatoms. The zero-order valence-corrected chi connectivity index (χ0v) is 11.9. The van der Waals surface area contributed by atoms with E-state index in [1.807, 2.05) is 22.6 Å². The molecule has 0 bridgehead atoms. The van der Waals surface area contributed by atoms with E-state index in [0.29, 0.717) is 3.57 Å². The van der Waals surface area contributed by atoms with Crippen LogP contribution in [0, 0.1) is 3.57 Å². The van der Waals surface area contributed by atoms with Crippen LogP contribution in [-0.4, -0.2) is 50.8 Å². The molecule has 2 rings (SSSR count). The number of halogens is 1. The van der Waals surface area contributed by atoms with Gasteiger partial charge in [-0.05, 0) is 40.8 Å². The van der Waals surface area contributed by atoms with E-state index in [2.05, 4.69) is 0 Å². The Bertz CT molecular complexity index is 533. The van der Waals surface area contributed by atoms with E-state index in [1.165, 1.54) is 12.1 Å². The van der Waals surface area contributed by atoms with E-state index in [-0.39, 0.29) is 24.3 Å². The van der Waals surface area contributed by atoms with Crippen LogP contribution in [0.5, 0.6) is 5.75 Å². The molecule has 0 spiro atoms. The summed E-state index contributed by atoms with van der Waals surface area (Å²) in [5.41, 5.74) is 0.207. The lowest BCUT2D eigenvalue weighted by atomic mass is 10.1. The maximum atomic E-state index is 12.2. The monoisotopic (exact) mass is 377 g/mol. The average molecular weight is 377 g/mol. The summed E-state index contributed by atoms with van der Waals surface area (Å²) in [6.07, 6.45) is -0.806. The zero-order chi connectivity index (χ0) is 14.2. The van der Waals surface area contributed by atoms with Crippen molar-refractivity contribution in [1.82, 2.24) is 4.90 Å². The number of carbonyl (C=O) groups is 2. The van der Waals surface area contributed by atoms with Gasteiger partial charge in [-0.3, -0.25) is 4.79 Å². The predicted molar refractivity (Wildman–Crippen MR) is 73.9 cm³/mol. The molecule has 102 valence electrons. The van der Waals surface area contributed by atoms with Gasteiger partial charge in [-0.2, -0.15) is 0 Å². The molecule has 0 aromatic heterocycles. The van der Waals surface area contributed by atoms with Gasteiger partial charge in [0.1, 0.15) is 11.8 Å². The van der Waals surface area contributed by atoms with Crippen molar-refractivity contribution >= 4 is 34.5 Å².